The smallest absolute Gasteiger partial charge is 0.252 e. The molecule has 3 unspecified atom stereocenters. The fraction of sp³-hybridized carbons (Fsp3) is 0.933. The molecular weight excluding hydrogens is 254 g/mol. The predicted octanol–water partition coefficient (Wildman–Crippen LogP) is 0.683. The van der Waals surface area contributed by atoms with Crippen molar-refractivity contribution in [2.24, 2.45) is 11.7 Å². The Morgan fingerprint density at radius 1 is 1.35 bits per heavy atom. The zero-order valence-corrected chi connectivity index (χ0v) is 12.9. The maximum atomic E-state index is 12.4. The van der Waals surface area contributed by atoms with Gasteiger partial charge in [-0.2, -0.15) is 0 Å². The molecule has 0 aromatic rings. The summed E-state index contributed by atoms with van der Waals surface area (Å²) in [6.45, 7) is 9.37. The van der Waals surface area contributed by atoms with E-state index in [2.05, 4.69) is 18.7 Å². The number of hydrogen-bond donors (Lipinski definition) is 1. The van der Waals surface area contributed by atoms with Crippen LogP contribution in [0.15, 0.2) is 0 Å². The number of nitrogens with two attached hydrogens (primary N) is 1. The van der Waals surface area contributed by atoms with Gasteiger partial charge < -0.3 is 15.4 Å². The van der Waals surface area contributed by atoms with E-state index >= 15 is 0 Å². The third-order valence-corrected chi connectivity index (χ3v) is 4.74. The van der Waals surface area contributed by atoms with E-state index in [9.17, 15) is 4.79 Å². The summed E-state index contributed by atoms with van der Waals surface area (Å²) in [5.74, 6) is 0.558. The molecule has 0 spiro atoms. The largest absolute Gasteiger partial charge is 0.368 e. The van der Waals surface area contributed by atoms with Crippen molar-refractivity contribution in [3.63, 3.8) is 0 Å². The van der Waals surface area contributed by atoms with Crippen molar-refractivity contribution in [3.05, 3.63) is 0 Å². The van der Waals surface area contributed by atoms with Gasteiger partial charge in [0.2, 0.25) is 0 Å². The Morgan fingerprint density at radius 2 is 2.05 bits per heavy atom. The minimum absolute atomic E-state index is 0.196. The average molecular weight is 283 g/mol. The lowest BCUT2D eigenvalue weighted by molar-refractivity contribution is -0.144. The summed E-state index contributed by atoms with van der Waals surface area (Å²) >= 11 is 0. The summed E-state index contributed by atoms with van der Waals surface area (Å²) in [5, 5.41) is 0. The second-order valence-corrected chi connectivity index (χ2v) is 6.06. The molecule has 5 heteroatoms. The highest BCUT2D eigenvalue weighted by atomic mass is 16.5. The summed E-state index contributed by atoms with van der Waals surface area (Å²) in [6.07, 6.45) is 2.99. The number of amides is 1. The van der Waals surface area contributed by atoms with Gasteiger partial charge in [-0.1, -0.05) is 13.8 Å². The van der Waals surface area contributed by atoms with Crippen LogP contribution in [0.4, 0.5) is 0 Å². The minimum Gasteiger partial charge on any atom is -0.368 e. The van der Waals surface area contributed by atoms with Crippen LogP contribution in [0.1, 0.15) is 33.1 Å². The number of rotatable bonds is 5. The minimum atomic E-state index is -0.201. The van der Waals surface area contributed by atoms with Crippen molar-refractivity contribution in [2.45, 2.75) is 45.3 Å². The molecule has 0 saturated carbocycles. The SMILES string of the molecule is CCC(CCN)N1CCN(C(=O)C2OCCC2C)CC1. The Balaban J connectivity index is 1.83. The van der Waals surface area contributed by atoms with Crippen molar-refractivity contribution in [2.75, 3.05) is 39.3 Å². The second kappa shape index (κ2) is 7.38. The van der Waals surface area contributed by atoms with Crippen LogP contribution in [0.25, 0.3) is 0 Å². The maximum Gasteiger partial charge on any atom is 0.252 e. The van der Waals surface area contributed by atoms with E-state index in [0.29, 0.717) is 12.0 Å². The normalized spacial score (nSPS) is 29.6. The van der Waals surface area contributed by atoms with E-state index in [0.717, 1.165) is 58.6 Å². The first-order valence-corrected chi connectivity index (χ1v) is 8.01. The van der Waals surface area contributed by atoms with Crippen LogP contribution in [-0.4, -0.2) is 67.2 Å². The Labute approximate surface area is 122 Å². The highest BCUT2D eigenvalue weighted by molar-refractivity contribution is 5.81. The lowest BCUT2D eigenvalue weighted by atomic mass is 10.0. The van der Waals surface area contributed by atoms with Crippen LogP contribution in [0.2, 0.25) is 0 Å². The van der Waals surface area contributed by atoms with E-state index in [4.69, 9.17) is 10.5 Å². The van der Waals surface area contributed by atoms with Crippen molar-refractivity contribution < 1.29 is 9.53 Å². The molecule has 2 heterocycles. The summed E-state index contributed by atoms with van der Waals surface area (Å²) < 4.78 is 5.59. The van der Waals surface area contributed by atoms with E-state index in [1.165, 1.54) is 0 Å². The van der Waals surface area contributed by atoms with Crippen molar-refractivity contribution in [1.82, 2.24) is 9.80 Å². The maximum absolute atomic E-state index is 12.4. The van der Waals surface area contributed by atoms with E-state index in [-0.39, 0.29) is 12.0 Å². The van der Waals surface area contributed by atoms with Gasteiger partial charge in [-0.25, -0.2) is 0 Å². The third-order valence-electron chi connectivity index (χ3n) is 4.74. The summed E-state index contributed by atoms with van der Waals surface area (Å²) in [5.41, 5.74) is 5.68. The van der Waals surface area contributed by atoms with Gasteiger partial charge in [0.15, 0.2) is 0 Å². The fourth-order valence-corrected chi connectivity index (χ4v) is 3.34. The summed E-state index contributed by atoms with van der Waals surface area (Å²) in [4.78, 5) is 16.9. The second-order valence-electron chi connectivity index (χ2n) is 6.06. The van der Waals surface area contributed by atoms with Gasteiger partial charge >= 0.3 is 0 Å². The number of hydrogen-bond acceptors (Lipinski definition) is 4. The predicted molar refractivity (Wildman–Crippen MR) is 79.4 cm³/mol. The fourth-order valence-electron chi connectivity index (χ4n) is 3.34. The molecular formula is C15H29N3O2. The molecule has 2 rings (SSSR count). The molecule has 5 nitrogen and oxygen atoms in total. The van der Waals surface area contributed by atoms with Crippen LogP contribution < -0.4 is 5.73 Å². The molecule has 3 atom stereocenters. The first kappa shape index (κ1) is 15.7. The molecule has 116 valence electrons. The number of ether oxygens (including phenoxy) is 1. The molecule has 2 saturated heterocycles. The summed E-state index contributed by atoms with van der Waals surface area (Å²) in [7, 11) is 0. The lowest BCUT2D eigenvalue weighted by Crippen LogP contribution is -2.54. The lowest BCUT2D eigenvalue weighted by Gasteiger charge is -2.40. The molecule has 20 heavy (non-hydrogen) atoms. The standard InChI is InChI=1S/C15H29N3O2/c1-3-13(4-6-16)17-7-9-18(10-8-17)15(19)14-12(2)5-11-20-14/h12-14H,3-11,16H2,1-2H3. The Kier molecular flexibility index (Phi) is 5.81. The van der Waals surface area contributed by atoms with Crippen molar-refractivity contribution in [3.8, 4) is 0 Å². The quantitative estimate of drug-likeness (QED) is 0.806. The highest BCUT2D eigenvalue weighted by Gasteiger charge is 2.35. The van der Waals surface area contributed by atoms with Crippen LogP contribution >= 0.6 is 0 Å². The van der Waals surface area contributed by atoms with Gasteiger partial charge in [0.25, 0.3) is 5.91 Å². The van der Waals surface area contributed by atoms with E-state index < -0.39 is 0 Å². The van der Waals surface area contributed by atoms with Crippen LogP contribution in [0.3, 0.4) is 0 Å². The van der Waals surface area contributed by atoms with Gasteiger partial charge in [0.1, 0.15) is 6.10 Å². The average Bonchev–Trinajstić information content (AvgIpc) is 2.90. The van der Waals surface area contributed by atoms with Crippen LogP contribution in [0, 0.1) is 5.92 Å². The topological polar surface area (TPSA) is 58.8 Å². The molecule has 2 aliphatic heterocycles. The summed E-state index contributed by atoms with van der Waals surface area (Å²) in [6, 6.07) is 0.568. The van der Waals surface area contributed by atoms with Crippen molar-refractivity contribution >= 4 is 5.91 Å². The molecule has 2 aliphatic rings. The van der Waals surface area contributed by atoms with Gasteiger partial charge in [0, 0.05) is 38.8 Å². The van der Waals surface area contributed by atoms with Crippen LogP contribution in [0.5, 0.6) is 0 Å². The van der Waals surface area contributed by atoms with Gasteiger partial charge in [-0.15, -0.1) is 0 Å². The Hall–Kier alpha value is -0.650. The molecule has 1 amide bonds. The van der Waals surface area contributed by atoms with E-state index in [1.807, 2.05) is 4.90 Å². The first-order chi connectivity index (χ1) is 9.67. The Bertz CT molecular complexity index is 316. The Morgan fingerprint density at radius 3 is 2.55 bits per heavy atom. The number of nitrogens with zero attached hydrogens (tertiary/aromatic N) is 2. The molecule has 2 N–H and O–H groups in total. The zero-order chi connectivity index (χ0) is 14.5. The third kappa shape index (κ3) is 3.51. The zero-order valence-electron chi connectivity index (χ0n) is 12.9. The van der Waals surface area contributed by atoms with Crippen molar-refractivity contribution in [1.29, 1.82) is 0 Å². The molecule has 0 radical (unpaired) electrons. The van der Waals surface area contributed by atoms with Gasteiger partial charge in [0.05, 0.1) is 0 Å². The molecule has 0 aromatic heterocycles. The van der Waals surface area contributed by atoms with Gasteiger partial charge in [-0.3, -0.25) is 9.69 Å². The molecule has 0 aliphatic carbocycles. The number of piperazine rings is 1. The number of carbonyl (C=O) groups excluding carboxylic acids is 1. The van der Waals surface area contributed by atoms with Gasteiger partial charge in [-0.05, 0) is 31.7 Å². The monoisotopic (exact) mass is 283 g/mol. The molecule has 2 fully saturated rings. The number of carbonyl (C=O) groups is 1. The van der Waals surface area contributed by atoms with E-state index in [1.54, 1.807) is 0 Å². The molecule has 0 bridgehead atoms. The van der Waals surface area contributed by atoms with Crippen LogP contribution in [-0.2, 0) is 9.53 Å². The highest BCUT2D eigenvalue weighted by Crippen LogP contribution is 2.23. The first-order valence-electron chi connectivity index (χ1n) is 8.01. The molecule has 0 aromatic carbocycles.